The third kappa shape index (κ3) is 7.70. The van der Waals surface area contributed by atoms with Crippen LogP contribution in [-0.2, 0) is 26.6 Å². The summed E-state index contributed by atoms with van der Waals surface area (Å²) in [7, 11) is 0. The molecule has 1 amide bonds. The smallest absolute Gasteiger partial charge is 0.255 e. The Morgan fingerprint density at radius 1 is 1.04 bits per heavy atom. The summed E-state index contributed by atoms with van der Waals surface area (Å²) in [6.45, 7) is 6.36. The van der Waals surface area contributed by atoms with E-state index in [1.54, 1.807) is 40.4 Å². The molecule has 13 heteroatoms. The zero-order valence-electron chi connectivity index (χ0n) is 26.2. The molecule has 3 aromatic carbocycles. The van der Waals surface area contributed by atoms with E-state index < -0.39 is 5.79 Å². The van der Waals surface area contributed by atoms with Gasteiger partial charge < -0.3 is 24.8 Å². The Morgan fingerprint density at radius 2 is 1.77 bits per heavy atom. The van der Waals surface area contributed by atoms with Crippen molar-refractivity contribution in [3.63, 3.8) is 0 Å². The summed E-state index contributed by atoms with van der Waals surface area (Å²) >= 11 is 12.7. The van der Waals surface area contributed by atoms with Crippen LogP contribution in [0.25, 0.3) is 0 Å². The SMILES string of the molecule is CCC(C)N1N=CC(c2ccc(NCCNc3ccc(OCC4CO[C@](Cn5cncn5)(c5ccc(Cl)cc5Cl)O4)cc3)cc2)C1=O. The molecular weight excluding hydrogens is 641 g/mol. The standard InChI is InChI=1S/C34H37Cl2N7O4/c1-3-23(2)43-33(44)30(17-40-43)24-4-7-26(8-5-24)38-14-15-39-27-9-11-28(12-10-27)45-18-29-19-46-34(47-29,20-42-22-37-21-41-42)31-13-6-25(35)16-32(31)36/h4-13,16-17,21-23,29-30,38-39H,3,14-15,18-20H2,1-2H3/t23?,29?,30?,34-/m0/s1. The molecule has 2 aliphatic rings. The maximum Gasteiger partial charge on any atom is 0.255 e. The van der Waals surface area contributed by atoms with Crippen LogP contribution in [0, 0.1) is 0 Å². The Bertz CT molecular complexity index is 1670. The second-order valence-corrected chi connectivity index (χ2v) is 12.4. The molecule has 11 nitrogen and oxygen atoms in total. The van der Waals surface area contributed by atoms with Gasteiger partial charge in [0.15, 0.2) is 0 Å². The van der Waals surface area contributed by atoms with Crippen LogP contribution in [0.5, 0.6) is 5.75 Å². The summed E-state index contributed by atoms with van der Waals surface area (Å²) in [6, 6.07) is 21.1. The zero-order chi connectivity index (χ0) is 32.8. The van der Waals surface area contributed by atoms with Crippen LogP contribution in [0.1, 0.15) is 37.3 Å². The third-order valence-corrected chi connectivity index (χ3v) is 8.77. The predicted octanol–water partition coefficient (Wildman–Crippen LogP) is 6.17. The molecule has 2 aliphatic heterocycles. The summed E-state index contributed by atoms with van der Waals surface area (Å²) in [4.78, 5) is 16.8. The second-order valence-electron chi connectivity index (χ2n) is 11.5. The lowest BCUT2D eigenvalue weighted by Gasteiger charge is -2.29. The Labute approximate surface area is 283 Å². The van der Waals surface area contributed by atoms with Gasteiger partial charge in [0.25, 0.3) is 5.91 Å². The van der Waals surface area contributed by atoms with Gasteiger partial charge in [-0.1, -0.05) is 48.3 Å². The Balaban J connectivity index is 0.952. The molecule has 0 radical (unpaired) electrons. The average Bonchev–Trinajstić information content (AvgIpc) is 3.84. The lowest BCUT2D eigenvalue weighted by atomic mass is 9.99. The largest absolute Gasteiger partial charge is 0.491 e. The number of nitrogens with zero attached hydrogens (tertiary/aromatic N) is 5. The zero-order valence-corrected chi connectivity index (χ0v) is 27.7. The molecule has 3 unspecified atom stereocenters. The molecule has 0 bridgehead atoms. The number of amides is 1. The summed E-state index contributed by atoms with van der Waals surface area (Å²) in [5.41, 5.74) is 3.57. The second kappa shape index (κ2) is 14.7. The normalized spacial score (nSPS) is 21.3. The van der Waals surface area contributed by atoms with Crippen LogP contribution in [-0.4, -0.2) is 70.3 Å². The Kier molecular flexibility index (Phi) is 10.3. The predicted molar refractivity (Wildman–Crippen MR) is 182 cm³/mol. The van der Waals surface area contributed by atoms with Crippen molar-refractivity contribution in [3.8, 4) is 5.75 Å². The molecule has 0 aliphatic carbocycles. The molecule has 0 saturated carbocycles. The average molecular weight is 679 g/mol. The number of ether oxygens (including phenoxy) is 3. The first-order chi connectivity index (χ1) is 22.8. The van der Waals surface area contributed by atoms with Crippen LogP contribution in [0.15, 0.2) is 84.5 Å². The van der Waals surface area contributed by atoms with Gasteiger partial charge in [-0.25, -0.2) is 14.7 Å². The highest BCUT2D eigenvalue weighted by Gasteiger charge is 2.45. The molecule has 1 fully saturated rings. The van der Waals surface area contributed by atoms with Gasteiger partial charge in [-0.05, 0) is 67.4 Å². The first kappa shape index (κ1) is 32.8. The highest BCUT2D eigenvalue weighted by Crippen LogP contribution is 2.40. The number of aromatic nitrogens is 3. The monoisotopic (exact) mass is 677 g/mol. The fourth-order valence-electron chi connectivity index (χ4n) is 5.50. The number of halogens is 2. The van der Waals surface area contributed by atoms with E-state index >= 15 is 0 Å². The lowest BCUT2D eigenvalue weighted by Crippen LogP contribution is -2.35. The van der Waals surface area contributed by atoms with E-state index in [0.717, 1.165) is 29.9 Å². The number of rotatable bonds is 14. The fraction of sp³-hybridized carbons (Fsp3) is 0.353. The summed E-state index contributed by atoms with van der Waals surface area (Å²) < 4.78 is 20.3. The highest BCUT2D eigenvalue weighted by atomic mass is 35.5. The van der Waals surface area contributed by atoms with Crippen LogP contribution in [0.4, 0.5) is 11.4 Å². The van der Waals surface area contributed by atoms with Crippen molar-refractivity contribution >= 4 is 46.7 Å². The summed E-state index contributed by atoms with van der Waals surface area (Å²) in [5, 5.41) is 17.9. The van der Waals surface area contributed by atoms with Gasteiger partial charge in [-0.3, -0.25) is 4.79 Å². The van der Waals surface area contributed by atoms with E-state index in [0.29, 0.717) is 34.5 Å². The van der Waals surface area contributed by atoms with E-state index in [1.165, 1.54) is 6.33 Å². The van der Waals surface area contributed by atoms with Crippen LogP contribution in [0.3, 0.4) is 0 Å². The van der Waals surface area contributed by atoms with Crippen molar-refractivity contribution in [3.05, 3.63) is 101 Å². The molecular formula is C34H37Cl2N7O4. The first-order valence-corrected chi connectivity index (χ1v) is 16.4. The van der Waals surface area contributed by atoms with Gasteiger partial charge in [0.2, 0.25) is 5.79 Å². The van der Waals surface area contributed by atoms with Crippen molar-refractivity contribution in [2.75, 3.05) is 36.9 Å². The van der Waals surface area contributed by atoms with Gasteiger partial charge in [0.05, 0.1) is 17.7 Å². The number of hydrogen-bond acceptors (Lipinski definition) is 9. The Hall–Kier alpha value is -4.16. The molecule has 2 N–H and O–H groups in total. The van der Waals surface area contributed by atoms with Gasteiger partial charge in [0.1, 0.15) is 43.6 Å². The molecule has 1 saturated heterocycles. The van der Waals surface area contributed by atoms with Crippen LogP contribution >= 0.6 is 23.2 Å². The Morgan fingerprint density at radius 3 is 2.43 bits per heavy atom. The topological polar surface area (TPSA) is 115 Å². The third-order valence-electron chi connectivity index (χ3n) is 8.22. The number of carbonyl (C=O) groups excluding carboxylic acids is 1. The maximum atomic E-state index is 12.7. The van der Waals surface area contributed by atoms with Gasteiger partial charge in [0, 0.05) is 41.3 Å². The molecule has 4 aromatic rings. The molecule has 246 valence electrons. The lowest BCUT2D eigenvalue weighted by molar-refractivity contribution is -0.190. The molecule has 3 heterocycles. The van der Waals surface area contributed by atoms with E-state index in [2.05, 4.69) is 32.7 Å². The van der Waals surface area contributed by atoms with E-state index in [4.69, 9.17) is 37.4 Å². The number of hydrazone groups is 1. The van der Waals surface area contributed by atoms with Gasteiger partial charge in [-0.15, -0.1) is 0 Å². The minimum Gasteiger partial charge on any atom is -0.491 e. The summed E-state index contributed by atoms with van der Waals surface area (Å²) in [6.07, 6.45) is 5.32. The summed E-state index contributed by atoms with van der Waals surface area (Å²) in [5.74, 6) is -0.735. The molecule has 6 rings (SSSR count). The van der Waals surface area contributed by atoms with Crippen molar-refractivity contribution in [2.45, 2.75) is 50.7 Å². The van der Waals surface area contributed by atoms with Crippen molar-refractivity contribution in [2.24, 2.45) is 5.10 Å². The maximum absolute atomic E-state index is 12.7. The van der Waals surface area contributed by atoms with E-state index in [1.807, 2.05) is 55.5 Å². The van der Waals surface area contributed by atoms with Crippen LogP contribution < -0.4 is 15.4 Å². The van der Waals surface area contributed by atoms with E-state index in [-0.39, 0.29) is 37.1 Å². The fourth-order valence-corrected chi connectivity index (χ4v) is 6.05. The number of benzene rings is 3. The first-order valence-electron chi connectivity index (χ1n) is 15.6. The molecule has 0 spiro atoms. The van der Waals surface area contributed by atoms with E-state index in [9.17, 15) is 4.79 Å². The molecule has 4 atom stereocenters. The van der Waals surface area contributed by atoms with Crippen molar-refractivity contribution in [1.29, 1.82) is 0 Å². The quantitative estimate of drug-likeness (QED) is 0.152. The number of hydrogen-bond donors (Lipinski definition) is 2. The van der Waals surface area contributed by atoms with Crippen molar-refractivity contribution in [1.82, 2.24) is 19.8 Å². The number of carbonyl (C=O) groups is 1. The minimum absolute atomic E-state index is 0.0301. The van der Waals surface area contributed by atoms with Crippen LogP contribution in [0.2, 0.25) is 10.0 Å². The van der Waals surface area contributed by atoms with Gasteiger partial charge in [-0.2, -0.15) is 10.2 Å². The molecule has 47 heavy (non-hydrogen) atoms. The van der Waals surface area contributed by atoms with Crippen molar-refractivity contribution < 1.29 is 19.0 Å². The number of nitrogens with one attached hydrogen (secondary N) is 2. The number of anilines is 2. The molecule has 1 aromatic heterocycles. The highest BCUT2D eigenvalue weighted by molar-refractivity contribution is 6.35. The minimum atomic E-state index is -1.16. The van der Waals surface area contributed by atoms with Gasteiger partial charge >= 0.3 is 0 Å².